The quantitative estimate of drug-likeness (QED) is 0.848. The van der Waals surface area contributed by atoms with Gasteiger partial charge in [0.05, 0.1) is 6.04 Å². The molecule has 2 aromatic rings. The highest BCUT2D eigenvalue weighted by atomic mass is 19.1. The largest absolute Gasteiger partial charge is 0.370 e. The van der Waals surface area contributed by atoms with Crippen molar-refractivity contribution in [2.24, 2.45) is 0 Å². The fraction of sp³-hybridized carbons (Fsp3) is 0.400. The van der Waals surface area contributed by atoms with Crippen LogP contribution in [0.3, 0.4) is 0 Å². The zero-order valence-electron chi connectivity index (χ0n) is 11.5. The maximum atomic E-state index is 14.1. The van der Waals surface area contributed by atoms with E-state index in [9.17, 15) is 8.78 Å². The van der Waals surface area contributed by atoms with Crippen LogP contribution in [0.4, 0.5) is 20.4 Å². The Morgan fingerprint density at radius 2 is 1.95 bits per heavy atom. The predicted molar refractivity (Wildman–Crippen MR) is 76.6 cm³/mol. The van der Waals surface area contributed by atoms with Crippen molar-refractivity contribution in [3.63, 3.8) is 0 Å². The summed E-state index contributed by atoms with van der Waals surface area (Å²) in [6, 6.07) is 3.62. The van der Waals surface area contributed by atoms with Gasteiger partial charge < -0.3 is 10.6 Å². The van der Waals surface area contributed by atoms with Crippen molar-refractivity contribution in [3.05, 3.63) is 41.0 Å². The van der Waals surface area contributed by atoms with Gasteiger partial charge in [0.25, 0.3) is 0 Å². The molecule has 1 atom stereocenters. The first-order valence-corrected chi connectivity index (χ1v) is 7.28. The number of benzene rings is 1. The molecule has 3 heterocycles. The second kappa shape index (κ2) is 4.72. The van der Waals surface area contributed by atoms with Crippen molar-refractivity contribution >= 4 is 11.6 Å². The molecule has 0 bridgehead atoms. The number of fused-ring (bicyclic) bond motifs is 3. The molecule has 0 amide bonds. The van der Waals surface area contributed by atoms with Gasteiger partial charge in [-0.3, -0.25) is 0 Å². The number of halogens is 2. The van der Waals surface area contributed by atoms with E-state index in [-0.39, 0.29) is 5.56 Å². The lowest BCUT2D eigenvalue weighted by molar-refractivity contribution is 0.434. The number of nitrogens with one attached hydrogen (secondary N) is 2. The fourth-order valence-corrected chi connectivity index (χ4v) is 3.28. The number of aromatic nitrogens is 2. The zero-order valence-corrected chi connectivity index (χ0v) is 11.5. The molecule has 110 valence electrons. The molecular weight excluding hydrogens is 274 g/mol. The summed E-state index contributed by atoms with van der Waals surface area (Å²) >= 11 is 0. The molecule has 6 heteroatoms. The normalized spacial score (nSPS) is 20.2. The monoisotopic (exact) mass is 290 g/mol. The number of anilines is 2. The molecule has 21 heavy (non-hydrogen) atoms. The Labute approximate surface area is 121 Å². The molecule has 1 aromatic carbocycles. The first kappa shape index (κ1) is 12.6. The van der Waals surface area contributed by atoms with E-state index in [0.29, 0.717) is 13.0 Å². The lowest BCUT2D eigenvalue weighted by atomic mass is 10.00. The second-order valence-corrected chi connectivity index (χ2v) is 5.52. The summed E-state index contributed by atoms with van der Waals surface area (Å²) in [5, 5.41) is 11.1. The molecule has 4 rings (SSSR count). The molecular formula is C15H16F2N4. The Kier molecular flexibility index (Phi) is 2.83. The maximum Gasteiger partial charge on any atom is 0.153 e. The van der Waals surface area contributed by atoms with Crippen molar-refractivity contribution in [2.45, 2.75) is 25.3 Å². The lowest BCUT2D eigenvalue weighted by Crippen LogP contribution is -2.26. The first-order valence-electron chi connectivity index (χ1n) is 7.28. The summed E-state index contributed by atoms with van der Waals surface area (Å²) in [7, 11) is 0. The topological polar surface area (TPSA) is 41.9 Å². The summed E-state index contributed by atoms with van der Waals surface area (Å²) in [5.74, 6) is 0.729. The van der Waals surface area contributed by atoms with Gasteiger partial charge in [0.15, 0.2) is 5.82 Å². The van der Waals surface area contributed by atoms with Crippen LogP contribution < -0.4 is 10.6 Å². The van der Waals surface area contributed by atoms with Gasteiger partial charge in [0.1, 0.15) is 17.5 Å². The molecule has 0 aliphatic carbocycles. The van der Waals surface area contributed by atoms with E-state index >= 15 is 0 Å². The Balaban J connectivity index is 1.86. The van der Waals surface area contributed by atoms with Crippen LogP contribution >= 0.6 is 0 Å². The van der Waals surface area contributed by atoms with Crippen LogP contribution in [0.5, 0.6) is 0 Å². The SMILES string of the molecule is Fc1cccc(F)c1C1CCNc2c3c(nn21)NCCC3. The van der Waals surface area contributed by atoms with Gasteiger partial charge in [-0.2, -0.15) is 5.10 Å². The van der Waals surface area contributed by atoms with Gasteiger partial charge in [0, 0.05) is 24.2 Å². The molecule has 1 unspecified atom stereocenters. The summed E-state index contributed by atoms with van der Waals surface area (Å²) in [6.07, 6.45) is 2.61. The predicted octanol–water partition coefficient (Wildman–Crippen LogP) is 2.92. The number of hydrogen-bond donors (Lipinski definition) is 2. The fourth-order valence-electron chi connectivity index (χ4n) is 3.28. The maximum absolute atomic E-state index is 14.1. The van der Waals surface area contributed by atoms with E-state index in [1.807, 2.05) is 0 Å². The summed E-state index contributed by atoms with van der Waals surface area (Å²) in [5.41, 5.74) is 1.24. The minimum atomic E-state index is -0.505. The van der Waals surface area contributed by atoms with Crippen molar-refractivity contribution in [1.29, 1.82) is 0 Å². The van der Waals surface area contributed by atoms with Gasteiger partial charge in [-0.1, -0.05) is 6.07 Å². The lowest BCUT2D eigenvalue weighted by Gasteiger charge is -2.27. The van der Waals surface area contributed by atoms with E-state index in [1.165, 1.54) is 18.2 Å². The number of rotatable bonds is 1. The Bertz CT molecular complexity index is 675. The molecule has 2 aliphatic rings. The minimum Gasteiger partial charge on any atom is -0.370 e. The highest BCUT2D eigenvalue weighted by Gasteiger charge is 2.31. The molecule has 1 aromatic heterocycles. The van der Waals surface area contributed by atoms with Crippen LogP contribution in [-0.2, 0) is 6.42 Å². The van der Waals surface area contributed by atoms with Crippen LogP contribution in [0.1, 0.15) is 30.0 Å². The number of hydrogen-bond acceptors (Lipinski definition) is 3. The van der Waals surface area contributed by atoms with Crippen LogP contribution in [-0.4, -0.2) is 22.9 Å². The minimum absolute atomic E-state index is 0.111. The molecule has 0 saturated carbocycles. The third-order valence-corrected chi connectivity index (χ3v) is 4.24. The van der Waals surface area contributed by atoms with Crippen LogP contribution in [0.2, 0.25) is 0 Å². The van der Waals surface area contributed by atoms with Gasteiger partial charge >= 0.3 is 0 Å². The van der Waals surface area contributed by atoms with E-state index in [0.717, 1.165) is 36.6 Å². The van der Waals surface area contributed by atoms with Gasteiger partial charge in [0.2, 0.25) is 0 Å². The standard InChI is InChI=1S/C15H16F2N4/c16-10-4-1-5-11(17)13(10)12-6-8-19-15-9-3-2-7-18-14(9)20-21(12)15/h1,4-5,12,19H,2-3,6-8H2,(H,18,20). The smallest absolute Gasteiger partial charge is 0.153 e. The van der Waals surface area contributed by atoms with E-state index in [2.05, 4.69) is 15.7 Å². The third-order valence-electron chi connectivity index (χ3n) is 4.24. The molecule has 2 aliphatic heterocycles. The summed E-state index contributed by atoms with van der Waals surface area (Å²) < 4.78 is 29.9. The number of nitrogens with zero attached hydrogens (tertiary/aromatic N) is 2. The first-order chi connectivity index (χ1) is 10.3. The molecule has 0 fully saturated rings. The highest BCUT2D eigenvalue weighted by Crippen LogP contribution is 2.38. The van der Waals surface area contributed by atoms with E-state index < -0.39 is 17.7 Å². The Hall–Kier alpha value is -2.11. The Morgan fingerprint density at radius 3 is 2.76 bits per heavy atom. The molecule has 4 nitrogen and oxygen atoms in total. The van der Waals surface area contributed by atoms with Crippen molar-refractivity contribution < 1.29 is 8.78 Å². The molecule has 2 N–H and O–H groups in total. The zero-order chi connectivity index (χ0) is 14.4. The van der Waals surface area contributed by atoms with Gasteiger partial charge in [-0.15, -0.1) is 0 Å². The van der Waals surface area contributed by atoms with E-state index in [1.54, 1.807) is 4.68 Å². The third kappa shape index (κ3) is 1.89. The molecule has 0 spiro atoms. The second-order valence-electron chi connectivity index (χ2n) is 5.52. The highest BCUT2D eigenvalue weighted by molar-refractivity contribution is 5.62. The van der Waals surface area contributed by atoms with Crippen LogP contribution in [0.15, 0.2) is 18.2 Å². The average Bonchev–Trinajstić information content (AvgIpc) is 2.87. The average molecular weight is 290 g/mol. The van der Waals surface area contributed by atoms with Crippen molar-refractivity contribution in [2.75, 3.05) is 23.7 Å². The van der Waals surface area contributed by atoms with Gasteiger partial charge in [-0.05, 0) is 31.4 Å². The summed E-state index contributed by atoms with van der Waals surface area (Å²) in [4.78, 5) is 0. The molecule has 0 saturated heterocycles. The van der Waals surface area contributed by atoms with Crippen LogP contribution in [0.25, 0.3) is 0 Å². The Morgan fingerprint density at radius 1 is 1.14 bits per heavy atom. The van der Waals surface area contributed by atoms with Crippen LogP contribution in [0, 0.1) is 11.6 Å². The van der Waals surface area contributed by atoms with Crippen molar-refractivity contribution in [1.82, 2.24) is 9.78 Å². The molecule has 0 radical (unpaired) electrons. The van der Waals surface area contributed by atoms with E-state index in [4.69, 9.17) is 0 Å². The van der Waals surface area contributed by atoms with Gasteiger partial charge in [-0.25, -0.2) is 13.5 Å². The van der Waals surface area contributed by atoms with Crippen molar-refractivity contribution in [3.8, 4) is 0 Å². The summed E-state index contributed by atoms with van der Waals surface area (Å²) in [6.45, 7) is 1.58.